The predicted molar refractivity (Wildman–Crippen MR) is 49.7 cm³/mol. The van der Waals surface area contributed by atoms with Crippen LogP contribution in [0.2, 0.25) is 0 Å². The molecule has 0 aliphatic heterocycles. The van der Waals surface area contributed by atoms with Gasteiger partial charge in [0, 0.05) is 6.20 Å². The van der Waals surface area contributed by atoms with E-state index in [-0.39, 0.29) is 11.4 Å². The molecule has 0 unspecified atom stereocenters. The normalized spacial score (nSPS) is 10.4. The molecule has 6 heteroatoms. The van der Waals surface area contributed by atoms with E-state index < -0.39 is 5.82 Å². The molecular weight excluding hydrogens is 205 g/mol. The maximum absolute atomic E-state index is 12.7. The second-order valence-corrected chi connectivity index (χ2v) is 3.47. The Morgan fingerprint density at radius 3 is 3.00 bits per heavy atom. The molecule has 0 aliphatic rings. The largest absolute Gasteiger partial charge is 0.325 e. The third kappa shape index (κ3) is 1.85. The van der Waals surface area contributed by atoms with Gasteiger partial charge in [-0.2, -0.15) is 5.10 Å². The molecule has 2 aromatic heterocycles. The maximum Gasteiger partial charge on any atom is 0.325 e. The highest BCUT2D eigenvalue weighted by Gasteiger charge is 2.01. The predicted octanol–water partition coefficient (Wildman–Crippen LogP) is 0.887. The van der Waals surface area contributed by atoms with Crippen LogP contribution >= 0.6 is 11.3 Å². The van der Waals surface area contributed by atoms with Gasteiger partial charge in [0.05, 0.1) is 12.7 Å². The Morgan fingerprint density at radius 2 is 2.36 bits per heavy atom. The van der Waals surface area contributed by atoms with Gasteiger partial charge in [0.1, 0.15) is 11.3 Å². The van der Waals surface area contributed by atoms with Crippen molar-refractivity contribution in [1.29, 1.82) is 0 Å². The topological polar surface area (TPSA) is 47.8 Å². The van der Waals surface area contributed by atoms with Crippen LogP contribution in [-0.4, -0.2) is 14.8 Å². The molecule has 0 amide bonds. The summed E-state index contributed by atoms with van der Waals surface area (Å²) < 4.78 is 14.0. The zero-order valence-corrected chi connectivity index (χ0v) is 7.87. The van der Waals surface area contributed by atoms with Crippen molar-refractivity contribution in [3.05, 3.63) is 45.0 Å². The van der Waals surface area contributed by atoms with Crippen LogP contribution in [-0.2, 0) is 6.54 Å². The summed E-state index contributed by atoms with van der Waals surface area (Å²) in [7, 11) is 0. The smallest absolute Gasteiger partial charge is 0.261 e. The van der Waals surface area contributed by atoms with E-state index in [1.54, 1.807) is 0 Å². The van der Waals surface area contributed by atoms with Crippen molar-refractivity contribution < 1.29 is 4.39 Å². The Hall–Kier alpha value is -1.56. The molecule has 0 atom stereocenters. The first-order chi connectivity index (χ1) is 6.75. The summed E-state index contributed by atoms with van der Waals surface area (Å²) in [6.07, 6.45) is 2.63. The van der Waals surface area contributed by atoms with Gasteiger partial charge in [0.2, 0.25) is 0 Å². The highest BCUT2D eigenvalue weighted by molar-refractivity contribution is 7.06. The van der Waals surface area contributed by atoms with Crippen LogP contribution in [0.3, 0.4) is 0 Å². The lowest BCUT2D eigenvalue weighted by Crippen LogP contribution is -2.15. The van der Waals surface area contributed by atoms with E-state index in [1.165, 1.54) is 22.5 Å². The maximum atomic E-state index is 12.7. The molecular formula is C8H6FN3OS. The Bertz CT molecular complexity index is 493. The van der Waals surface area contributed by atoms with E-state index in [4.69, 9.17) is 0 Å². The van der Waals surface area contributed by atoms with Crippen LogP contribution in [0.5, 0.6) is 0 Å². The summed E-state index contributed by atoms with van der Waals surface area (Å²) in [6, 6.07) is 1.33. The van der Waals surface area contributed by atoms with Gasteiger partial charge in [-0.15, -0.1) is 0 Å². The lowest BCUT2D eigenvalue weighted by atomic mass is 10.3. The van der Waals surface area contributed by atoms with Gasteiger partial charge < -0.3 is 0 Å². The van der Waals surface area contributed by atoms with Gasteiger partial charge in [0.25, 0.3) is 0 Å². The van der Waals surface area contributed by atoms with Gasteiger partial charge >= 0.3 is 4.87 Å². The fourth-order valence-electron chi connectivity index (χ4n) is 1.05. The van der Waals surface area contributed by atoms with Crippen LogP contribution in [0.4, 0.5) is 4.39 Å². The van der Waals surface area contributed by atoms with E-state index in [0.29, 0.717) is 5.56 Å². The molecule has 0 saturated carbocycles. The van der Waals surface area contributed by atoms with Crippen molar-refractivity contribution in [1.82, 2.24) is 14.8 Å². The molecule has 0 spiro atoms. The molecule has 0 saturated heterocycles. The van der Waals surface area contributed by atoms with Crippen molar-refractivity contribution in [3.8, 4) is 0 Å². The lowest BCUT2D eigenvalue weighted by Gasteiger charge is -1.98. The van der Waals surface area contributed by atoms with Crippen molar-refractivity contribution in [2.75, 3.05) is 0 Å². The molecule has 14 heavy (non-hydrogen) atoms. The van der Waals surface area contributed by atoms with Crippen molar-refractivity contribution in [2.24, 2.45) is 0 Å². The Balaban J connectivity index is 2.27. The fourth-order valence-corrected chi connectivity index (χ4v) is 1.54. The van der Waals surface area contributed by atoms with E-state index in [1.807, 2.05) is 0 Å². The number of nitrogens with zero attached hydrogens (tertiary/aromatic N) is 3. The van der Waals surface area contributed by atoms with E-state index >= 15 is 0 Å². The van der Waals surface area contributed by atoms with Crippen LogP contribution in [0.15, 0.2) is 28.8 Å². The van der Waals surface area contributed by atoms with E-state index in [9.17, 15) is 9.18 Å². The van der Waals surface area contributed by atoms with Crippen molar-refractivity contribution in [2.45, 2.75) is 6.54 Å². The van der Waals surface area contributed by atoms with Crippen LogP contribution in [0.1, 0.15) is 5.56 Å². The van der Waals surface area contributed by atoms with Gasteiger partial charge in [0.15, 0.2) is 0 Å². The first kappa shape index (κ1) is 9.01. The van der Waals surface area contributed by atoms with Gasteiger partial charge in [-0.25, -0.2) is 9.07 Å². The van der Waals surface area contributed by atoms with E-state index in [2.05, 4.69) is 10.1 Å². The monoisotopic (exact) mass is 211 g/mol. The number of hydrogen-bond donors (Lipinski definition) is 0. The molecule has 0 N–H and O–H groups in total. The molecule has 4 nitrogen and oxygen atoms in total. The second-order valence-electron chi connectivity index (χ2n) is 2.67. The minimum absolute atomic E-state index is 0.158. The average Bonchev–Trinajstić information content (AvgIpc) is 2.52. The Kier molecular flexibility index (Phi) is 2.36. The quantitative estimate of drug-likeness (QED) is 0.741. The molecule has 0 fully saturated rings. The third-order valence-electron chi connectivity index (χ3n) is 1.64. The molecule has 0 aromatic carbocycles. The Morgan fingerprint density at radius 1 is 1.50 bits per heavy atom. The standard InChI is InChI=1S/C8H6FN3OS/c9-7-1-6(2-10-3-7)4-12-8(13)14-5-11-12/h1-3,5H,4H2. The molecule has 2 rings (SSSR count). The first-order valence-corrected chi connectivity index (χ1v) is 4.74. The zero-order chi connectivity index (χ0) is 9.97. The summed E-state index contributed by atoms with van der Waals surface area (Å²) in [4.78, 5) is 14.6. The summed E-state index contributed by atoms with van der Waals surface area (Å²) in [6.45, 7) is 0.257. The van der Waals surface area contributed by atoms with Crippen molar-refractivity contribution in [3.63, 3.8) is 0 Å². The SMILES string of the molecule is O=c1scnn1Cc1cncc(F)c1. The molecule has 72 valence electrons. The second kappa shape index (κ2) is 3.67. The molecule has 0 aliphatic carbocycles. The summed E-state index contributed by atoms with van der Waals surface area (Å²) >= 11 is 1.01. The fraction of sp³-hybridized carbons (Fsp3) is 0.125. The Labute approximate surface area is 82.7 Å². The van der Waals surface area contributed by atoms with Gasteiger partial charge in [-0.1, -0.05) is 11.3 Å². The first-order valence-electron chi connectivity index (χ1n) is 3.86. The highest BCUT2D eigenvalue weighted by atomic mass is 32.1. The van der Waals surface area contributed by atoms with Crippen molar-refractivity contribution >= 4 is 11.3 Å². The minimum Gasteiger partial charge on any atom is -0.261 e. The van der Waals surface area contributed by atoms with Crippen LogP contribution in [0, 0.1) is 5.82 Å². The molecule has 2 aromatic rings. The average molecular weight is 211 g/mol. The molecule has 0 bridgehead atoms. The molecule has 2 heterocycles. The summed E-state index contributed by atoms with van der Waals surface area (Å²) in [5.41, 5.74) is 2.08. The number of rotatable bonds is 2. The lowest BCUT2D eigenvalue weighted by molar-refractivity contribution is 0.609. The minimum atomic E-state index is -0.411. The summed E-state index contributed by atoms with van der Waals surface area (Å²) in [5, 5.41) is 3.81. The van der Waals surface area contributed by atoms with Gasteiger partial charge in [-0.05, 0) is 11.6 Å². The number of pyridine rings is 1. The van der Waals surface area contributed by atoms with Crippen LogP contribution in [0.25, 0.3) is 0 Å². The highest BCUT2D eigenvalue weighted by Crippen LogP contribution is 2.01. The van der Waals surface area contributed by atoms with Crippen LogP contribution < -0.4 is 4.87 Å². The number of halogens is 1. The number of aromatic nitrogens is 3. The number of hydrogen-bond acceptors (Lipinski definition) is 4. The summed E-state index contributed by atoms with van der Waals surface area (Å²) in [5.74, 6) is -0.411. The third-order valence-corrected chi connectivity index (χ3v) is 2.26. The van der Waals surface area contributed by atoms with E-state index in [0.717, 1.165) is 17.5 Å². The zero-order valence-electron chi connectivity index (χ0n) is 7.05. The molecule has 0 radical (unpaired) electrons. The van der Waals surface area contributed by atoms with Gasteiger partial charge in [-0.3, -0.25) is 9.78 Å².